The first-order chi connectivity index (χ1) is 11.0. The number of rotatable bonds is 4. The van der Waals surface area contributed by atoms with E-state index in [0.29, 0.717) is 11.9 Å². The molecule has 0 aliphatic carbocycles. The number of anilines is 1. The largest absolute Gasteiger partial charge is 0.507 e. The molecule has 1 heterocycles. The lowest BCUT2D eigenvalue weighted by Crippen LogP contribution is -2.35. The van der Waals surface area contributed by atoms with Gasteiger partial charge in [0.2, 0.25) is 0 Å². The van der Waals surface area contributed by atoms with Gasteiger partial charge in [0, 0.05) is 5.56 Å². The summed E-state index contributed by atoms with van der Waals surface area (Å²) in [4.78, 5) is 0. The summed E-state index contributed by atoms with van der Waals surface area (Å²) in [6, 6.07) is 4.75. The van der Waals surface area contributed by atoms with Crippen LogP contribution in [0.15, 0.2) is 24.3 Å². The van der Waals surface area contributed by atoms with Crippen molar-refractivity contribution in [3.8, 4) is 17.0 Å². The van der Waals surface area contributed by atoms with Gasteiger partial charge in [-0.15, -0.1) is 10.2 Å². The third-order valence-corrected chi connectivity index (χ3v) is 3.42. The highest BCUT2D eigenvalue weighted by atomic mass is 19.4. The Balaban J connectivity index is 2.36. The molecule has 2 rings (SSSR count). The zero-order valence-corrected chi connectivity index (χ0v) is 13.4. The smallest absolute Gasteiger partial charge is 0.416 e. The van der Waals surface area contributed by atoms with E-state index < -0.39 is 23.0 Å². The van der Waals surface area contributed by atoms with Gasteiger partial charge in [-0.3, -0.25) is 0 Å². The van der Waals surface area contributed by atoms with Crippen molar-refractivity contribution in [3.63, 3.8) is 0 Å². The Kier molecular flexibility index (Phi) is 4.70. The van der Waals surface area contributed by atoms with Crippen LogP contribution in [0, 0.1) is 6.92 Å². The van der Waals surface area contributed by atoms with Crippen LogP contribution in [0.3, 0.4) is 0 Å². The Bertz CT molecular complexity index is 705. The Morgan fingerprint density at radius 1 is 1.12 bits per heavy atom. The minimum atomic E-state index is -4.53. The SMILES string of the molecule is Cc1cc(C(F)(F)F)cc(O)c1-c1ccc(NC(C)(C)CO)nn1. The van der Waals surface area contributed by atoms with Crippen LogP contribution >= 0.6 is 0 Å². The second-order valence-electron chi connectivity index (χ2n) is 6.16. The van der Waals surface area contributed by atoms with Crippen molar-refractivity contribution in [2.75, 3.05) is 11.9 Å². The minimum absolute atomic E-state index is 0.116. The zero-order chi connectivity index (χ0) is 18.1. The number of benzene rings is 1. The highest BCUT2D eigenvalue weighted by molar-refractivity contribution is 5.71. The first-order valence-electron chi connectivity index (χ1n) is 7.17. The molecule has 1 aromatic carbocycles. The summed E-state index contributed by atoms with van der Waals surface area (Å²) in [6.07, 6.45) is -4.53. The number of aromatic nitrogens is 2. The fourth-order valence-corrected chi connectivity index (χ4v) is 2.18. The molecule has 8 heteroatoms. The quantitative estimate of drug-likeness (QED) is 0.795. The summed E-state index contributed by atoms with van der Waals surface area (Å²) in [5.74, 6) is -0.102. The van der Waals surface area contributed by atoms with E-state index in [2.05, 4.69) is 15.5 Å². The first-order valence-corrected chi connectivity index (χ1v) is 7.17. The van der Waals surface area contributed by atoms with Crippen LogP contribution in [0.2, 0.25) is 0 Å². The molecule has 0 aliphatic heterocycles. The predicted molar refractivity (Wildman–Crippen MR) is 83.7 cm³/mol. The predicted octanol–water partition coefficient (Wildman–Crippen LogP) is 3.36. The van der Waals surface area contributed by atoms with E-state index >= 15 is 0 Å². The van der Waals surface area contributed by atoms with Crippen LogP contribution < -0.4 is 5.32 Å². The molecule has 2 aromatic rings. The number of nitrogens with zero attached hydrogens (tertiary/aromatic N) is 2. The standard InChI is InChI=1S/C16H18F3N3O2/c1-9-6-10(16(17,18)19)7-12(24)14(9)11-4-5-13(22-21-11)20-15(2,3)8-23/h4-7,23-24H,8H2,1-3H3,(H,20,22). The molecule has 0 saturated carbocycles. The Labute approximate surface area is 137 Å². The number of aliphatic hydroxyl groups is 1. The van der Waals surface area contributed by atoms with Gasteiger partial charge in [0.25, 0.3) is 0 Å². The third-order valence-electron chi connectivity index (χ3n) is 3.42. The van der Waals surface area contributed by atoms with E-state index in [-0.39, 0.29) is 23.4 Å². The zero-order valence-electron chi connectivity index (χ0n) is 13.4. The first kappa shape index (κ1) is 18.0. The summed E-state index contributed by atoms with van der Waals surface area (Å²) >= 11 is 0. The van der Waals surface area contributed by atoms with Crippen LogP contribution in [0.5, 0.6) is 5.75 Å². The average molecular weight is 341 g/mol. The van der Waals surface area contributed by atoms with E-state index in [9.17, 15) is 23.4 Å². The van der Waals surface area contributed by atoms with Crippen molar-refractivity contribution in [1.29, 1.82) is 0 Å². The number of phenols is 1. The lowest BCUT2D eigenvalue weighted by molar-refractivity contribution is -0.137. The summed E-state index contributed by atoms with van der Waals surface area (Å²) in [6.45, 7) is 4.89. The fraction of sp³-hybridized carbons (Fsp3) is 0.375. The van der Waals surface area contributed by atoms with Gasteiger partial charge in [-0.1, -0.05) is 0 Å². The molecule has 0 atom stereocenters. The van der Waals surface area contributed by atoms with Crippen molar-refractivity contribution >= 4 is 5.82 Å². The Morgan fingerprint density at radius 2 is 1.79 bits per heavy atom. The Hall–Kier alpha value is -2.35. The van der Waals surface area contributed by atoms with Gasteiger partial charge in [-0.05, 0) is 50.6 Å². The molecule has 0 aliphatic rings. The lowest BCUT2D eigenvalue weighted by atomic mass is 10.0. The second-order valence-corrected chi connectivity index (χ2v) is 6.16. The maximum Gasteiger partial charge on any atom is 0.416 e. The van der Waals surface area contributed by atoms with E-state index in [4.69, 9.17) is 0 Å². The second kappa shape index (κ2) is 6.27. The molecular weight excluding hydrogens is 323 g/mol. The minimum Gasteiger partial charge on any atom is -0.507 e. The molecular formula is C16H18F3N3O2. The molecule has 0 amide bonds. The summed E-state index contributed by atoms with van der Waals surface area (Å²) < 4.78 is 38.3. The molecule has 0 saturated heterocycles. The number of hydrogen-bond acceptors (Lipinski definition) is 5. The molecule has 0 fully saturated rings. The number of aryl methyl sites for hydroxylation is 1. The van der Waals surface area contributed by atoms with Crippen molar-refractivity contribution in [3.05, 3.63) is 35.4 Å². The molecule has 0 bridgehead atoms. The van der Waals surface area contributed by atoms with Crippen LogP contribution in [0.1, 0.15) is 25.0 Å². The molecule has 0 unspecified atom stereocenters. The van der Waals surface area contributed by atoms with Gasteiger partial charge >= 0.3 is 6.18 Å². The Morgan fingerprint density at radius 3 is 2.25 bits per heavy atom. The molecule has 5 nitrogen and oxygen atoms in total. The highest BCUT2D eigenvalue weighted by Crippen LogP contribution is 2.38. The summed E-state index contributed by atoms with van der Waals surface area (Å²) in [5.41, 5.74) is -0.817. The molecule has 0 spiro atoms. The van der Waals surface area contributed by atoms with Gasteiger partial charge < -0.3 is 15.5 Å². The van der Waals surface area contributed by atoms with E-state index in [0.717, 1.165) is 6.07 Å². The number of hydrogen-bond donors (Lipinski definition) is 3. The van der Waals surface area contributed by atoms with Crippen molar-refractivity contribution in [2.45, 2.75) is 32.5 Å². The number of nitrogens with one attached hydrogen (secondary N) is 1. The monoisotopic (exact) mass is 341 g/mol. The molecule has 24 heavy (non-hydrogen) atoms. The van der Waals surface area contributed by atoms with Crippen LogP contribution in [0.25, 0.3) is 11.3 Å². The summed E-state index contributed by atoms with van der Waals surface area (Å²) in [5, 5.41) is 30.0. The van der Waals surface area contributed by atoms with Gasteiger partial charge in [-0.25, -0.2) is 0 Å². The number of alkyl halides is 3. The topological polar surface area (TPSA) is 78.3 Å². The summed E-state index contributed by atoms with van der Waals surface area (Å²) in [7, 11) is 0. The van der Waals surface area contributed by atoms with Gasteiger partial charge in [0.15, 0.2) is 0 Å². The van der Waals surface area contributed by atoms with Crippen molar-refractivity contribution in [2.24, 2.45) is 0 Å². The third kappa shape index (κ3) is 3.94. The van der Waals surface area contributed by atoms with Crippen molar-refractivity contribution in [1.82, 2.24) is 10.2 Å². The van der Waals surface area contributed by atoms with Crippen LogP contribution in [-0.4, -0.2) is 32.6 Å². The number of phenolic OH excluding ortho intramolecular Hbond substituents is 1. The van der Waals surface area contributed by atoms with Gasteiger partial charge in [0.05, 0.1) is 23.4 Å². The highest BCUT2D eigenvalue weighted by Gasteiger charge is 2.32. The van der Waals surface area contributed by atoms with E-state index in [1.807, 2.05) is 0 Å². The number of aromatic hydroxyl groups is 1. The van der Waals surface area contributed by atoms with Crippen LogP contribution in [-0.2, 0) is 6.18 Å². The maximum absolute atomic E-state index is 12.8. The van der Waals surface area contributed by atoms with E-state index in [1.54, 1.807) is 19.9 Å². The molecule has 130 valence electrons. The van der Waals surface area contributed by atoms with E-state index in [1.165, 1.54) is 13.0 Å². The average Bonchev–Trinajstić information content (AvgIpc) is 2.47. The van der Waals surface area contributed by atoms with Crippen molar-refractivity contribution < 1.29 is 23.4 Å². The number of halogens is 3. The number of aliphatic hydroxyl groups excluding tert-OH is 1. The fourth-order valence-electron chi connectivity index (χ4n) is 2.18. The van der Waals surface area contributed by atoms with Crippen LogP contribution in [0.4, 0.5) is 19.0 Å². The van der Waals surface area contributed by atoms with Gasteiger partial charge in [0.1, 0.15) is 11.6 Å². The normalized spacial score (nSPS) is 12.3. The molecule has 1 aromatic heterocycles. The molecule has 3 N–H and O–H groups in total. The maximum atomic E-state index is 12.8. The van der Waals surface area contributed by atoms with Gasteiger partial charge in [-0.2, -0.15) is 13.2 Å². The lowest BCUT2D eigenvalue weighted by Gasteiger charge is -2.23. The molecule has 0 radical (unpaired) electrons.